The Kier molecular flexibility index (Phi) is 5.45. The number of hydrogen-bond acceptors (Lipinski definition) is 3. The summed E-state index contributed by atoms with van der Waals surface area (Å²) in [6.45, 7) is 2.18. The molecule has 0 spiro atoms. The topological polar surface area (TPSA) is 25.4 Å². The van der Waals surface area contributed by atoms with Crippen molar-refractivity contribution in [2.24, 2.45) is 0 Å². The van der Waals surface area contributed by atoms with E-state index in [2.05, 4.69) is 29.9 Å². The van der Waals surface area contributed by atoms with Crippen LogP contribution in [0.2, 0.25) is 0 Å². The first-order valence-electron chi connectivity index (χ1n) is 7.02. The van der Waals surface area contributed by atoms with Crippen LogP contribution >= 0.6 is 11.6 Å². The highest BCUT2D eigenvalue weighted by Gasteiger charge is 2.16. The van der Waals surface area contributed by atoms with Gasteiger partial charge in [0.15, 0.2) is 0 Å². The van der Waals surface area contributed by atoms with Gasteiger partial charge in [-0.25, -0.2) is 4.98 Å². The van der Waals surface area contributed by atoms with Crippen LogP contribution in [-0.2, 0) is 12.3 Å². The van der Waals surface area contributed by atoms with Crippen LogP contribution in [0, 0.1) is 0 Å². The highest BCUT2D eigenvalue weighted by Crippen LogP contribution is 2.24. The largest absolute Gasteiger partial charge is 0.496 e. The number of methoxy groups -OCH3 is 1. The molecule has 0 aliphatic carbocycles. The third-order valence-electron chi connectivity index (χ3n) is 3.71. The van der Waals surface area contributed by atoms with E-state index >= 15 is 0 Å². The summed E-state index contributed by atoms with van der Waals surface area (Å²) in [4.78, 5) is 6.64. The lowest BCUT2D eigenvalue weighted by atomic mass is 10.0. The zero-order chi connectivity index (χ0) is 15.2. The number of anilines is 1. The Bertz CT molecular complexity index is 589. The van der Waals surface area contributed by atoms with Gasteiger partial charge in [-0.05, 0) is 31.0 Å². The molecule has 1 aromatic carbocycles. The average Bonchev–Trinajstić information content (AvgIpc) is 2.54. The van der Waals surface area contributed by atoms with Crippen molar-refractivity contribution in [2.75, 3.05) is 19.1 Å². The fourth-order valence-corrected chi connectivity index (χ4v) is 2.60. The van der Waals surface area contributed by atoms with E-state index in [9.17, 15) is 0 Å². The molecule has 0 saturated heterocycles. The molecule has 112 valence electrons. The predicted octanol–water partition coefficient (Wildman–Crippen LogP) is 3.90. The van der Waals surface area contributed by atoms with Crippen molar-refractivity contribution in [1.82, 2.24) is 4.98 Å². The molecule has 0 bridgehead atoms. The maximum absolute atomic E-state index is 6.00. The molecule has 0 N–H and O–H groups in total. The number of pyridine rings is 1. The Hall–Kier alpha value is -1.74. The summed E-state index contributed by atoms with van der Waals surface area (Å²) in [5.41, 5.74) is 2.25. The Morgan fingerprint density at radius 2 is 1.90 bits per heavy atom. The second kappa shape index (κ2) is 7.32. The zero-order valence-electron chi connectivity index (χ0n) is 12.7. The number of hydrogen-bond donors (Lipinski definition) is 0. The van der Waals surface area contributed by atoms with Gasteiger partial charge >= 0.3 is 0 Å². The number of likely N-dealkylation sites (N-methyl/N-ethyl adjacent to an activating group) is 1. The molecule has 1 heterocycles. The maximum Gasteiger partial charge on any atom is 0.132 e. The normalized spacial score (nSPS) is 12.0. The summed E-state index contributed by atoms with van der Waals surface area (Å²) < 4.78 is 5.42. The number of ether oxygens (including phenoxy) is 1. The number of aromatic nitrogens is 1. The van der Waals surface area contributed by atoms with Gasteiger partial charge in [0.1, 0.15) is 11.6 Å². The average molecular weight is 305 g/mol. The van der Waals surface area contributed by atoms with Gasteiger partial charge in [0, 0.05) is 24.8 Å². The SMILES string of the molecule is COc1ccccc1CC(C)N(C)c1ncccc1CCl. The van der Waals surface area contributed by atoms with E-state index in [-0.39, 0.29) is 6.04 Å². The Balaban J connectivity index is 2.17. The number of rotatable bonds is 6. The van der Waals surface area contributed by atoms with Crippen molar-refractivity contribution >= 4 is 17.4 Å². The first kappa shape index (κ1) is 15.6. The zero-order valence-corrected chi connectivity index (χ0v) is 13.5. The van der Waals surface area contributed by atoms with Crippen molar-refractivity contribution in [3.63, 3.8) is 0 Å². The van der Waals surface area contributed by atoms with Gasteiger partial charge < -0.3 is 9.64 Å². The van der Waals surface area contributed by atoms with Gasteiger partial charge in [-0.2, -0.15) is 0 Å². The molecule has 0 saturated carbocycles. The van der Waals surface area contributed by atoms with Crippen LogP contribution in [0.5, 0.6) is 5.75 Å². The van der Waals surface area contributed by atoms with Gasteiger partial charge in [-0.1, -0.05) is 24.3 Å². The molecular formula is C17H21ClN2O. The van der Waals surface area contributed by atoms with Crippen molar-refractivity contribution in [3.05, 3.63) is 53.7 Å². The lowest BCUT2D eigenvalue weighted by Crippen LogP contribution is -2.32. The van der Waals surface area contributed by atoms with Crippen LogP contribution in [0.1, 0.15) is 18.1 Å². The number of nitrogens with zero attached hydrogens (tertiary/aromatic N) is 2. The minimum atomic E-state index is 0.290. The van der Waals surface area contributed by atoms with Crippen molar-refractivity contribution in [2.45, 2.75) is 25.3 Å². The van der Waals surface area contributed by atoms with E-state index in [0.29, 0.717) is 5.88 Å². The molecule has 1 unspecified atom stereocenters. The summed E-state index contributed by atoms with van der Waals surface area (Å²) in [5, 5.41) is 0. The molecule has 0 amide bonds. The Labute approximate surface area is 131 Å². The highest BCUT2D eigenvalue weighted by atomic mass is 35.5. The first-order chi connectivity index (χ1) is 10.2. The molecule has 2 aromatic rings. The quantitative estimate of drug-likeness (QED) is 0.757. The van der Waals surface area contributed by atoms with Crippen molar-refractivity contribution in [1.29, 1.82) is 0 Å². The molecule has 0 aliphatic rings. The summed E-state index contributed by atoms with van der Waals surface area (Å²) >= 11 is 6.00. The fraction of sp³-hybridized carbons (Fsp3) is 0.353. The molecule has 0 aliphatic heterocycles. The molecule has 0 radical (unpaired) electrons. The maximum atomic E-state index is 6.00. The number of alkyl halides is 1. The van der Waals surface area contributed by atoms with Crippen LogP contribution < -0.4 is 9.64 Å². The first-order valence-corrected chi connectivity index (χ1v) is 7.55. The van der Waals surface area contributed by atoms with E-state index in [4.69, 9.17) is 16.3 Å². The summed E-state index contributed by atoms with van der Waals surface area (Å²) in [6, 6.07) is 12.3. The minimum absolute atomic E-state index is 0.290. The van der Waals surface area contributed by atoms with Gasteiger partial charge in [-0.15, -0.1) is 11.6 Å². The van der Waals surface area contributed by atoms with E-state index in [0.717, 1.165) is 23.6 Å². The summed E-state index contributed by atoms with van der Waals surface area (Å²) in [6.07, 6.45) is 2.69. The second-order valence-electron chi connectivity index (χ2n) is 5.10. The van der Waals surface area contributed by atoms with Gasteiger partial charge in [0.25, 0.3) is 0 Å². The van der Waals surface area contributed by atoms with Crippen LogP contribution in [0.25, 0.3) is 0 Å². The lowest BCUT2D eigenvalue weighted by molar-refractivity contribution is 0.408. The smallest absolute Gasteiger partial charge is 0.132 e. The molecule has 4 heteroatoms. The summed E-state index contributed by atoms with van der Waals surface area (Å²) in [7, 11) is 3.76. The Morgan fingerprint density at radius 3 is 2.62 bits per heavy atom. The van der Waals surface area contributed by atoms with Crippen LogP contribution in [-0.4, -0.2) is 25.2 Å². The summed E-state index contributed by atoms with van der Waals surface area (Å²) in [5.74, 6) is 2.33. The van der Waals surface area contributed by atoms with Gasteiger partial charge in [-0.3, -0.25) is 0 Å². The molecule has 3 nitrogen and oxygen atoms in total. The Morgan fingerprint density at radius 1 is 1.19 bits per heavy atom. The third-order valence-corrected chi connectivity index (χ3v) is 4.00. The highest BCUT2D eigenvalue weighted by molar-refractivity contribution is 6.17. The fourth-order valence-electron chi connectivity index (χ4n) is 2.39. The molecular weight excluding hydrogens is 284 g/mol. The number of halogens is 1. The molecule has 2 rings (SSSR count). The minimum Gasteiger partial charge on any atom is -0.496 e. The van der Waals surface area contributed by atoms with Gasteiger partial charge in [0.05, 0.1) is 13.0 Å². The number of para-hydroxylation sites is 1. The van der Waals surface area contributed by atoms with E-state index in [1.165, 1.54) is 5.56 Å². The van der Waals surface area contributed by atoms with E-state index in [1.807, 2.05) is 30.3 Å². The number of benzene rings is 1. The standard InChI is InChI=1S/C17H21ClN2O/c1-13(11-14-7-4-5-9-16(14)21-3)20(2)17-15(12-18)8-6-10-19-17/h4-10,13H,11-12H2,1-3H3. The predicted molar refractivity (Wildman–Crippen MR) is 88.4 cm³/mol. The van der Waals surface area contributed by atoms with E-state index < -0.39 is 0 Å². The molecule has 0 fully saturated rings. The van der Waals surface area contributed by atoms with Crippen LogP contribution in [0.15, 0.2) is 42.6 Å². The molecule has 1 atom stereocenters. The van der Waals surface area contributed by atoms with Crippen LogP contribution in [0.4, 0.5) is 5.82 Å². The monoisotopic (exact) mass is 304 g/mol. The van der Waals surface area contributed by atoms with Crippen molar-refractivity contribution in [3.8, 4) is 5.75 Å². The third kappa shape index (κ3) is 3.67. The van der Waals surface area contributed by atoms with Crippen molar-refractivity contribution < 1.29 is 4.74 Å². The van der Waals surface area contributed by atoms with Gasteiger partial charge in [0.2, 0.25) is 0 Å². The second-order valence-corrected chi connectivity index (χ2v) is 5.36. The van der Waals surface area contributed by atoms with Crippen LogP contribution in [0.3, 0.4) is 0 Å². The lowest BCUT2D eigenvalue weighted by Gasteiger charge is -2.28. The molecule has 21 heavy (non-hydrogen) atoms. The van der Waals surface area contributed by atoms with E-state index in [1.54, 1.807) is 13.3 Å². The molecule has 1 aromatic heterocycles.